The van der Waals surface area contributed by atoms with Crippen molar-refractivity contribution in [1.82, 2.24) is 0 Å². The molecular formula is C24H36O5. The number of esters is 2. The van der Waals surface area contributed by atoms with E-state index in [1.165, 1.54) is 0 Å². The van der Waals surface area contributed by atoms with Gasteiger partial charge in [-0.1, -0.05) is 63.9 Å². The van der Waals surface area contributed by atoms with Crippen LogP contribution in [0.1, 0.15) is 72.8 Å². The number of carbonyl (C=O) groups is 3. The van der Waals surface area contributed by atoms with Gasteiger partial charge in [0.2, 0.25) is 5.92 Å². The Hall–Kier alpha value is -2.17. The van der Waals surface area contributed by atoms with Crippen LogP contribution in [0.15, 0.2) is 30.3 Å². The van der Waals surface area contributed by atoms with Gasteiger partial charge in [-0.15, -0.1) is 0 Å². The van der Waals surface area contributed by atoms with Crippen LogP contribution < -0.4 is 0 Å². The normalized spacial score (nSPS) is 13.6. The van der Waals surface area contributed by atoms with E-state index in [0.717, 1.165) is 24.8 Å². The molecule has 0 spiro atoms. The van der Waals surface area contributed by atoms with Gasteiger partial charge in [-0.05, 0) is 44.6 Å². The van der Waals surface area contributed by atoms with Crippen LogP contribution in [0.3, 0.4) is 0 Å². The van der Waals surface area contributed by atoms with Crippen LogP contribution in [-0.4, -0.2) is 30.9 Å². The summed E-state index contributed by atoms with van der Waals surface area (Å²) in [7, 11) is 0. The number of hydrogen-bond acceptors (Lipinski definition) is 5. The molecule has 1 rings (SSSR count). The highest BCUT2D eigenvalue weighted by molar-refractivity contribution is 6.18. The van der Waals surface area contributed by atoms with E-state index in [-0.39, 0.29) is 18.6 Å². The first-order valence-corrected chi connectivity index (χ1v) is 10.5. The van der Waals surface area contributed by atoms with Crippen molar-refractivity contribution >= 4 is 17.7 Å². The summed E-state index contributed by atoms with van der Waals surface area (Å²) < 4.78 is 10.1. The molecule has 29 heavy (non-hydrogen) atoms. The summed E-state index contributed by atoms with van der Waals surface area (Å²) in [5.74, 6) is -3.71. The van der Waals surface area contributed by atoms with E-state index in [0.29, 0.717) is 6.42 Å². The van der Waals surface area contributed by atoms with Gasteiger partial charge in [0.25, 0.3) is 0 Å². The topological polar surface area (TPSA) is 69.7 Å². The van der Waals surface area contributed by atoms with Gasteiger partial charge >= 0.3 is 11.9 Å². The maximum Gasteiger partial charge on any atom is 0.328 e. The highest BCUT2D eigenvalue weighted by atomic mass is 16.6. The molecule has 0 saturated carbocycles. The minimum absolute atomic E-state index is 0.0929. The lowest BCUT2D eigenvalue weighted by molar-refractivity contribution is -0.165. The lowest BCUT2D eigenvalue weighted by atomic mass is 9.70. The van der Waals surface area contributed by atoms with Crippen molar-refractivity contribution < 1.29 is 23.9 Å². The van der Waals surface area contributed by atoms with Gasteiger partial charge < -0.3 is 9.47 Å². The molecule has 1 aromatic rings. The molecule has 0 amide bonds. The zero-order valence-electron chi connectivity index (χ0n) is 18.7. The summed E-state index contributed by atoms with van der Waals surface area (Å²) in [5.41, 5.74) is 0.0221. The number of ketones is 1. The third-order valence-electron chi connectivity index (χ3n) is 5.12. The fourth-order valence-corrected chi connectivity index (χ4v) is 3.43. The Morgan fingerprint density at radius 1 is 0.828 bits per heavy atom. The third-order valence-corrected chi connectivity index (χ3v) is 5.12. The molecule has 0 fully saturated rings. The van der Waals surface area contributed by atoms with Crippen molar-refractivity contribution in [2.75, 3.05) is 13.2 Å². The Kier molecular flexibility index (Phi) is 9.54. The van der Waals surface area contributed by atoms with E-state index in [1.54, 1.807) is 13.8 Å². The zero-order chi connectivity index (χ0) is 22.1. The molecular weight excluding hydrogens is 368 g/mol. The summed E-state index contributed by atoms with van der Waals surface area (Å²) in [6, 6.07) is 9.34. The van der Waals surface area contributed by atoms with Crippen LogP contribution >= 0.6 is 0 Å². The Morgan fingerprint density at radius 3 is 1.76 bits per heavy atom. The van der Waals surface area contributed by atoms with Crippen LogP contribution in [0, 0.1) is 11.3 Å². The molecule has 162 valence electrons. The molecule has 0 aliphatic heterocycles. The first-order chi connectivity index (χ1) is 13.6. The molecule has 5 nitrogen and oxygen atoms in total. The lowest BCUT2D eigenvalue weighted by Crippen LogP contribution is -2.45. The van der Waals surface area contributed by atoms with Gasteiger partial charge in [0.05, 0.1) is 18.6 Å². The van der Waals surface area contributed by atoms with E-state index >= 15 is 0 Å². The molecule has 5 heteroatoms. The average Bonchev–Trinajstić information content (AvgIpc) is 2.65. The van der Waals surface area contributed by atoms with E-state index in [2.05, 4.69) is 20.8 Å². The smallest absolute Gasteiger partial charge is 0.328 e. The maximum absolute atomic E-state index is 13.6. The molecule has 0 heterocycles. The van der Waals surface area contributed by atoms with Crippen molar-refractivity contribution in [3.05, 3.63) is 35.9 Å². The van der Waals surface area contributed by atoms with Crippen LogP contribution in [0.25, 0.3) is 0 Å². The summed E-state index contributed by atoms with van der Waals surface area (Å²) in [5, 5.41) is 0. The molecule has 0 bridgehead atoms. The molecule has 1 unspecified atom stereocenters. The maximum atomic E-state index is 13.6. The molecule has 1 aromatic carbocycles. The van der Waals surface area contributed by atoms with Gasteiger partial charge in [-0.25, -0.2) is 0 Å². The zero-order valence-corrected chi connectivity index (χ0v) is 18.7. The van der Waals surface area contributed by atoms with Crippen molar-refractivity contribution in [2.24, 2.45) is 11.3 Å². The van der Waals surface area contributed by atoms with Crippen molar-refractivity contribution in [2.45, 2.75) is 72.6 Å². The van der Waals surface area contributed by atoms with Crippen molar-refractivity contribution in [1.29, 1.82) is 0 Å². The Morgan fingerprint density at radius 2 is 1.31 bits per heavy atom. The van der Waals surface area contributed by atoms with Gasteiger partial charge in [-0.2, -0.15) is 0 Å². The predicted octanol–water partition coefficient (Wildman–Crippen LogP) is 4.86. The summed E-state index contributed by atoms with van der Waals surface area (Å²) >= 11 is 0. The highest BCUT2D eigenvalue weighted by Crippen LogP contribution is 2.35. The van der Waals surface area contributed by atoms with Crippen molar-refractivity contribution in [3.8, 4) is 0 Å². The number of ether oxygens (including phenoxy) is 2. The number of Topliss-reactive ketones (excluding diaryl/α,β-unsaturated/α-hetero) is 1. The van der Waals surface area contributed by atoms with E-state index in [9.17, 15) is 14.4 Å². The third kappa shape index (κ3) is 7.30. The summed E-state index contributed by atoms with van der Waals surface area (Å²) in [4.78, 5) is 38.6. The molecule has 0 radical (unpaired) electrons. The summed E-state index contributed by atoms with van der Waals surface area (Å²) in [6.45, 7) is 11.9. The largest absolute Gasteiger partial charge is 0.465 e. The summed E-state index contributed by atoms with van der Waals surface area (Å²) in [6.07, 6.45) is 3.35. The van der Waals surface area contributed by atoms with Gasteiger partial charge in [-0.3, -0.25) is 14.4 Å². The van der Waals surface area contributed by atoms with Crippen LogP contribution in [0.5, 0.6) is 0 Å². The Bertz CT molecular complexity index is 656. The van der Waals surface area contributed by atoms with E-state index < -0.39 is 29.1 Å². The SMILES string of the molecule is CCOC(=O)C(C(=O)OCC)C(=O)C(C)(CCCCC(C)(C)C)c1ccccc1. The molecule has 0 aliphatic carbocycles. The number of carbonyl (C=O) groups excluding carboxylic acids is 3. The lowest BCUT2D eigenvalue weighted by Gasteiger charge is -2.31. The monoisotopic (exact) mass is 404 g/mol. The van der Waals surface area contributed by atoms with Gasteiger partial charge in [0, 0.05) is 0 Å². The fraction of sp³-hybridized carbons (Fsp3) is 0.625. The first-order valence-electron chi connectivity index (χ1n) is 10.5. The average molecular weight is 405 g/mol. The molecule has 0 aliphatic rings. The van der Waals surface area contributed by atoms with Crippen LogP contribution in [0.2, 0.25) is 0 Å². The Balaban J connectivity index is 3.21. The van der Waals surface area contributed by atoms with Gasteiger partial charge in [0.15, 0.2) is 5.78 Å². The van der Waals surface area contributed by atoms with Crippen LogP contribution in [-0.2, 0) is 29.3 Å². The number of rotatable bonds is 11. The molecule has 0 saturated heterocycles. The minimum atomic E-state index is -1.57. The standard InChI is InChI=1S/C24H36O5/c1-7-28-21(26)19(22(27)29-8-2)20(25)24(6,18-14-10-9-11-15-18)17-13-12-16-23(3,4)5/h9-11,14-15,19H,7-8,12-13,16-17H2,1-6H3. The van der Waals surface area contributed by atoms with Gasteiger partial charge in [0.1, 0.15) is 0 Å². The highest BCUT2D eigenvalue weighted by Gasteiger charge is 2.47. The van der Waals surface area contributed by atoms with E-state index in [4.69, 9.17) is 9.47 Å². The number of unbranched alkanes of at least 4 members (excludes halogenated alkanes) is 1. The molecule has 1 atom stereocenters. The number of hydrogen-bond donors (Lipinski definition) is 0. The predicted molar refractivity (Wildman–Crippen MR) is 113 cm³/mol. The van der Waals surface area contributed by atoms with E-state index in [1.807, 2.05) is 37.3 Å². The Labute approximate surface area is 175 Å². The first kappa shape index (κ1) is 24.9. The second-order valence-electron chi connectivity index (χ2n) is 8.77. The second kappa shape index (κ2) is 11.1. The number of benzene rings is 1. The molecule has 0 aromatic heterocycles. The molecule has 0 N–H and O–H groups in total. The van der Waals surface area contributed by atoms with Crippen molar-refractivity contribution in [3.63, 3.8) is 0 Å². The fourth-order valence-electron chi connectivity index (χ4n) is 3.43. The minimum Gasteiger partial charge on any atom is -0.465 e. The second-order valence-corrected chi connectivity index (χ2v) is 8.77. The van der Waals surface area contributed by atoms with Crippen LogP contribution in [0.4, 0.5) is 0 Å². The quantitative estimate of drug-likeness (QED) is 0.299.